The first kappa shape index (κ1) is 15.9. The zero-order valence-electron chi connectivity index (χ0n) is 13.2. The van der Waals surface area contributed by atoms with Crippen LogP contribution in [0, 0.1) is 5.92 Å². The van der Waals surface area contributed by atoms with E-state index in [0.717, 1.165) is 30.9 Å². The minimum Gasteiger partial charge on any atom is -0.492 e. The minimum absolute atomic E-state index is 0.0786. The van der Waals surface area contributed by atoms with Gasteiger partial charge in [-0.25, -0.2) is 0 Å². The summed E-state index contributed by atoms with van der Waals surface area (Å²) >= 11 is 1.43. The number of hydrogen-bond donors (Lipinski definition) is 2. The first-order valence-electron chi connectivity index (χ1n) is 7.49. The maximum absolute atomic E-state index is 12.3. The maximum Gasteiger partial charge on any atom is 0.263 e. The van der Waals surface area contributed by atoms with Gasteiger partial charge in [0.1, 0.15) is 15.6 Å². The number of nitrogens with zero attached hydrogens (tertiary/aromatic N) is 1. The van der Waals surface area contributed by atoms with Crippen LogP contribution >= 0.6 is 11.3 Å². The number of rotatable bonds is 7. The van der Waals surface area contributed by atoms with Crippen LogP contribution in [0.15, 0.2) is 0 Å². The summed E-state index contributed by atoms with van der Waals surface area (Å²) in [6.07, 6.45) is 2.13. The lowest BCUT2D eigenvalue weighted by molar-refractivity contribution is 0.0956. The summed E-state index contributed by atoms with van der Waals surface area (Å²) in [5.41, 5.74) is 6.59. The molecule has 118 valence electrons. The molecular weight excluding hydrogens is 286 g/mol. The number of ether oxygens (including phenoxy) is 1. The fraction of sp³-hybridized carbons (Fsp3) is 0.667. The average Bonchev–Trinajstić information content (AvgIpc) is 3.17. The lowest BCUT2D eigenvalue weighted by atomic mass is 10.2. The number of methoxy groups -OCH3 is 1. The van der Waals surface area contributed by atoms with Gasteiger partial charge in [0.05, 0.1) is 7.11 Å². The Morgan fingerprint density at radius 2 is 2.19 bits per heavy atom. The minimum atomic E-state index is -0.0786. The summed E-state index contributed by atoms with van der Waals surface area (Å²) in [7, 11) is 1.60. The molecule has 0 spiro atoms. The van der Waals surface area contributed by atoms with E-state index in [4.69, 9.17) is 10.5 Å². The number of carbonyl (C=O) groups excluding carboxylic acids is 1. The molecule has 1 aromatic rings. The molecule has 3 N–H and O–H groups in total. The Morgan fingerprint density at radius 1 is 1.52 bits per heavy atom. The molecule has 1 aromatic heterocycles. The highest BCUT2D eigenvalue weighted by Crippen LogP contribution is 2.45. The van der Waals surface area contributed by atoms with E-state index in [1.807, 2.05) is 0 Å². The Bertz CT molecular complexity index is 509. The van der Waals surface area contributed by atoms with Crippen molar-refractivity contribution in [3.8, 4) is 5.75 Å². The van der Waals surface area contributed by atoms with Crippen molar-refractivity contribution in [3.05, 3.63) is 4.88 Å². The van der Waals surface area contributed by atoms with Gasteiger partial charge in [-0.2, -0.15) is 0 Å². The second-order valence-electron chi connectivity index (χ2n) is 5.86. The van der Waals surface area contributed by atoms with E-state index in [9.17, 15) is 4.79 Å². The van der Waals surface area contributed by atoms with Crippen molar-refractivity contribution in [3.63, 3.8) is 0 Å². The molecule has 1 aliphatic rings. The highest BCUT2D eigenvalue weighted by Gasteiger charge is 2.29. The van der Waals surface area contributed by atoms with E-state index in [1.165, 1.54) is 11.3 Å². The largest absolute Gasteiger partial charge is 0.492 e. The summed E-state index contributed by atoms with van der Waals surface area (Å²) in [6, 6.07) is 0.325. The number of nitrogen functional groups attached to an aromatic ring is 1. The first-order chi connectivity index (χ1) is 9.97. The van der Waals surface area contributed by atoms with Gasteiger partial charge in [-0.15, -0.1) is 11.3 Å². The van der Waals surface area contributed by atoms with Crippen LogP contribution in [0.5, 0.6) is 5.75 Å². The number of anilines is 2. The third kappa shape index (κ3) is 3.61. The molecule has 0 radical (unpaired) electrons. The molecule has 1 heterocycles. The molecule has 0 unspecified atom stereocenters. The summed E-state index contributed by atoms with van der Waals surface area (Å²) in [6.45, 7) is 8.22. The fourth-order valence-corrected chi connectivity index (χ4v) is 3.43. The Hall–Kier alpha value is -1.43. The predicted molar refractivity (Wildman–Crippen MR) is 88.5 cm³/mol. The second-order valence-corrected chi connectivity index (χ2v) is 6.86. The van der Waals surface area contributed by atoms with Gasteiger partial charge in [-0.1, -0.05) is 13.8 Å². The van der Waals surface area contributed by atoms with Gasteiger partial charge >= 0.3 is 0 Å². The van der Waals surface area contributed by atoms with Crippen LogP contribution in [-0.4, -0.2) is 32.1 Å². The molecule has 2 rings (SSSR count). The Morgan fingerprint density at radius 3 is 2.67 bits per heavy atom. The number of amides is 1. The van der Waals surface area contributed by atoms with Gasteiger partial charge in [0.2, 0.25) is 0 Å². The van der Waals surface area contributed by atoms with Gasteiger partial charge in [-0.3, -0.25) is 4.79 Å². The van der Waals surface area contributed by atoms with Gasteiger partial charge in [0.25, 0.3) is 5.91 Å². The van der Waals surface area contributed by atoms with Gasteiger partial charge in [0, 0.05) is 19.1 Å². The van der Waals surface area contributed by atoms with Crippen LogP contribution in [0.4, 0.5) is 10.7 Å². The van der Waals surface area contributed by atoms with Crippen LogP contribution in [-0.2, 0) is 0 Å². The molecule has 0 bridgehead atoms. The molecule has 1 fully saturated rings. The van der Waals surface area contributed by atoms with Crippen molar-refractivity contribution < 1.29 is 9.53 Å². The van der Waals surface area contributed by atoms with Crippen LogP contribution in [0.2, 0.25) is 0 Å². The smallest absolute Gasteiger partial charge is 0.263 e. The highest BCUT2D eigenvalue weighted by molar-refractivity contribution is 7.19. The van der Waals surface area contributed by atoms with E-state index in [1.54, 1.807) is 7.11 Å². The van der Waals surface area contributed by atoms with Gasteiger partial charge in [-0.05, 0) is 25.7 Å². The Kier molecular flexibility index (Phi) is 4.98. The van der Waals surface area contributed by atoms with Crippen molar-refractivity contribution in [1.29, 1.82) is 0 Å². The van der Waals surface area contributed by atoms with Crippen LogP contribution in [0.1, 0.15) is 43.3 Å². The molecule has 6 heteroatoms. The quantitative estimate of drug-likeness (QED) is 0.812. The molecule has 0 saturated heterocycles. The van der Waals surface area contributed by atoms with Gasteiger partial charge < -0.3 is 20.7 Å². The Labute approximate surface area is 130 Å². The Balaban J connectivity index is 2.29. The van der Waals surface area contributed by atoms with Crippen molar-refractivity contribution in [1.82, 2.24) is 5.32 Å². The molecular formula is C15H25N3O2S. The zero-order chi connectivity index (χ0) is 15.6. The SMILES string of the molecule is CCN(CC(C)C)c1sc(C(=O)NC2CC2)c(N)c1OC. The van der Waals surface area contributed by atoms with Gasteiger partial charge in [0.15, 0.2) is 5.75 Å². The van der Waals surface area contributed by atoms with E-state index in [2.05, 4.69) is 31.0 Å². The normalized spacial score (nSPS) is 14.3. The lowest BCUT2D eigenvalue weighted by Gasteiger charge is -2.24. The predicted octanol–water partition coefficient (Wildman–Crippen LogP) is 2.71. The molecule has 0 atom stereocenters. The summed E-state index contributed by atoms with van der Waals surface area (Å²) in [5, 5.41) is 3.94. The number of nitrogens with one attached hydrogen (secondary N) is 1. The van der Waals surface area contributed by atoms with E-state index in [-0.39, 0.29) is 5.91 Å². The lowest BCUT2D eigenvalue weighted by Crippen LogP contribution is -2.26. The molecule has 1 amide bonds. The number of nitrogens with two attached hydrogens (primary N) is 1. The standard InChI is InChI=1S/C15H25N3O2S/c1-5-18(8-9(2)3)15-12(20-4)11(16)13(21-15)14(19)17-10-6-7-10/h9-10H,5-8,16H2,1-4H3,(H,17,19). The van der Waals surface area contributed by atoms with Crippen molar-refractivity contribution >= 4 is 27.9 Å². The van der Waals surface area contributed by atoms with Crippen LogP contribution in [0.3, 0.4) is 0 Å². The zero-order valence-corrected chi connectivity index (χ0v) is 14.0. The third-order valence-electron chi connectivity index (χ3n) is 3.46. The van der Waals surface area contributed by atoms with Crippen LogP contribution in [0.25, 0.3) is 0 Å². The summed E-state index contributed by atoms with van der Waals surface area (Å²) in [4.78, 5) is 15.1. The second kappa shape index (κ2) is 6.56. The monoisotopic (exact) mass is 311 g/mol. The molecule has 5 nitrogen and oxygen atoms in total. The van der Waals surface area contributed by atoms with Crippen molar-refractivity contribution in [2.24, 2.45) is 5.92 Å². The van der Waals surface area contributed by atoms with Crippen molar-refractivity contribution in [2.45, 2.75) is 39.7 Å². The van der Waals surface area contributed by atoms with Crippen LogP contribution < -0.4 is 20.7 Å². The molecule has 0 aromatic carbocycles. The highest BCUT2D eigenvalue weighted by atomic mass is 32.1. The average molecular weight is 311 g/mol. The topological polar surface area (TPSA) is 67.6 Å². The number of hydrogen-bond acceptors (Lipinski definition) is 5. The molecule has 21 heavy (non-hydrogen) atoms. The molecule has 0 aliphatic heterocycles. The number of thiophene rings is 1. The van der Waals surface area contributed by atoms with Crippen molar-refractivity contribution in [2.75, 3.05) is 30.8 Å². The first-order valence-corrected chi connectivity index (χ1v) is 8.31. The van der Waals surface area contributed by atoms with E-state index in [0.29, 0.717) is 28.3 Å². The summed E-state index contributed by atoms with van der Waals surface area (Å²) in [5.74, 6) is 1.08. The maximum atomic E-state index is 12.3. The fourth-order valence-electron chi connectivity index (χ4n) is 2.27. The van der Waals surface area contributed by atoms with E-state index >= 15 is 0 Å². The summed E-state index contributed by atoms with van der Waals surface area (Å²) < 4.78 is 5.46. The molecule has 1 saturated carbocycles. The number of carbonyl (C=O) groups is 1. The molecule has 1 aliphatic carbocycles. The third-order valence-corrected chi connectivity index (χ3v) is 4.71. The van der Waals surface area contributed by atoms with E-state index < -0.39 is 0 Å².